The van der Waals surface area contributed by atoms with Crippen molar-refractivity contribution in [3.63, 3.8) is 0 Å². The minimum atomic E-state index is -3.25. The number of hydrogen-bond acceptors (Lipinski definition) is 6. The minimum Gasteiger partial charge on any atom is -0.489 e. The van der Waals surface area contributed by atoms with Crippen LogP contribution in [0.5, 0.6) is 5.75 Å². The van der Waals surface area contributed by atoms with Crippen LogP contribution in [-0.4, -0.2) is 19.8 Å². The number of hydrogen-bond donors (Lipinski definition) is 1. The highest BCUT2D eigenvalue weighted by molar-refractivity contribution is 7.99. The van der Waals surface area contributed by atoms with E-state index in [-0.39, 0.29) is 12.4 Å². The van der Waals surface area contributed by atoms with Gasteiger partial charge in [-0.3, -0.25) is 4.57 Å². The van der Waals surface area contributed by atoms with E-state index in [0.717, 1.165) is 63.8 Å². The topological polar surface area (TPSA) is 70.8 Å². The standard InChI is InChI=1S/C30H37ClNO4PS.ClH/c1-4-17-30(32,19-20-37(33,34-2)35-3)18-9-12-25-15-16-28(22-29(25)31)38-27-14-8-13-26(21-27)36-23-24-10-6-5-7-11-24;/h5-8,10-11,13-16,19-22H,4,9,12,17-18,23,32H2,1-3H3;1H. The number of nitrogens with two attached hydrogens (primary N) is 1. The molecule has 0 aromatic heterocycles. The predicted molar refractivity (Wildman–Crippen MR) is 166 cm³/mol. The lowest BCUT2D eigenvalue weighted by molar-refractivity contribution is 0.285. The normalized spacial score (nSPS) is 13.2. The van der Waals surface area contributed by atoms with Gasteiger partial charge in [-0.05, 0) is 67.1 Å². The molecule has 0 aliphatic heterocycles. The van der Waals surface area contributed by atoms with E-state index in [0.29, 0.717) is 6.61 Å². The van der Waals surface area contributed by atoms with Crippen molar-refractivity contribution < 1.29 is 18.3 Å². The Morgan fingerprint density at radius 1 is 0.974 bits per heavy atom. The molecule has 2 N–H and O–H groups in total. The van der Waals surface area contributed by atoms with E-state index < -0.39 is 13.1 Å². The third-order valence-electron chi connectivity index (χ3n) is 6.22. The largest absolute Gasteiger partial charge is 0.489 e. The van der Waals surface area contributed by atoms with Gasteiger partial charge in [-0.25, -0.2) is 0 Å². The zero-order chi connectivity index (χ0) is 27.4. The second-order valence-electron chi connectivity index (χ2n) is 9.16. The van der Waals surface area contributed by atoms with Crippen LogP contribution in [0.1, 0.15) is 43.7 Å². The summed E-state index contributed by atoms with van der Waals surface area (Å²) in [6.45, 7) is 2.62. The molecule has 0 bridgehead atoms. The molecular weight excluding hydrogens is 572 g/mol. The summed E-state index contributed by atoms with van der Waals surface area (Å²) in [5, 5.41) is 0.739. The zero-order valence-electron chi connectivity index (χ0n) is 22.7. The fraction of sp³-hybridized carbons (Fsp3) is 0.333. The van der Waals surface area contributed by atoms with E-state index in [1.807, 2.05) is 42.5 Å². The fourth-order valence-electron chi connectivity index (χ4n) is 4.10. The van der Waals surface area contributed by atoms with Crippen LogP contribution in [0.25, 0.3) is 0 Å². The first-order valence-electron chi connectivity index (χ1n) is 12.7. The van der Waals surface area contributed by atoms with Crippen molar-refractivity contribution in [2.24, 2.45) is 5.73 Å². The maximum atomic E-state index is 12.4. The first-order valence-corrected chi connectivity index (χ1v) is 15.5. The monoisotopic (exact) mass is 609 g/mol. The fourth-order valence-corrected chi connectivity index (χ4v) is 6.22. The van der Waals surface area contributed by atoms with E-state index in [9.17, 15) is 4.57 Å². The van der Waals surface area contributed by atoms with Gasteiger partial charge in [0.2, 0.25) is 0 Å². The summed E-state index contributed by atoms with van der Waals surface area (Å²) in [6.07, 6.45) is 5.84. The van der Waals surface area contributed by atoms with Crippen LogP contribution in [0.15, 0.2) is 94.5 Å². The molecule has 0 saturated heterocycles. The van der Waals surface area contributed by atoms with Crippen LogP contribution in [0.4, 0.5) is 0 Å². The van der Waals surface area contributed by atoms with Crippen LogP contribution >= 0.6 is 43.4 Å². The molecule has 0 fully saturated rings. The molecule has 9 heteroatoms. The van der Waals surface area contributed by atoms with Crippen molar-refractivity contribution in [1.82, 2.24) is 0 Å². The minimum absolute atomic E-state index is 0. The molecule has 0 saturated carbocycles. The smallest absolute Gasteiger partial charge is 0.353 e. The highest BCUT2D eigenvalue weighted by Crippen LogP contribution is 2.48. The Morgan fingerprint density at radius 2 is 1.69 bits per heavy atom. The maximum Gasteiger partial charge on any atom is 0.353 e. The number of rotatable bonds is 15. The van der Waals surface area contributed by atoms with Gasteiger partial charge in [0, 0.05) is 40.4 Å². The number of benzene rings is 3. The first-order chi connectivity index (χ1) is 18.3. The van der Waals surface area contributed by atoms with Crippen LogP contribution in [0.3, 0.4) is 0 Å². The Bertz CT molecular complexity index is 1240. The van der Waals surface area contributed by atoms with Gasteiger partial charge in [0.15, 0.2) is 0 Å². The van der Waals surface area contributed by atoms with Gasteiger partial charge in [-0.1, -0.05) is 85.2 Å². The molecule has 212 valence electrons. The third-order valence-corrected chi connectivity index (χ3v) is 9.08. The van der Waals surface area contributed by atoms with Gasteiger partial charge in [-0.2, -0.15) is 0 Å². The van der Waals surface area contributed by atoms with Gasteiger partial charge in [-0.15, -0.1) is 12.4 Å². The second kappa shape index (κ2) is 16.5. The third kappa shape index (κ3) is 11.0. The van der Waals surface area contributed by atoms with Gasteiger partial charge >= 0.3 is 7.60 Å². The average Bonchev–Trinajstić information content (AvgIpc) is 2.93. The van der Waals surface area contributed by atoms with Crippen LogP contribution in [0, 0.1) is 0 Å². The highest BCUT2D eigenvalue weighted by Gasteiger charge is 2.24. The van der Waals surface area contributed by atoms with E-state index in [1.165, 1.54) is 20.0 Å². The van der Waals surface area contributed by atoms with Crippen molar-refractivity contribution >= 4 is 43.4 Å². The first kappa shape index (κ1) is 33.4. The Hall–Kier alpha value is -1.76. The average molecular weight is 611 g/mol. The summed E-state index contributed by atoms with van der Waals surface area (Å²) in [5.41, 5.74) is 8.27. The molecule has 0 heterocycles. The molecule has 3 aromatic carbocycles. The molecule has 1 unspecified atom stereocenters. The van der Waals surface area contributed by atoms with Crippen LogP contribution in [-0.2, 0) is 26.6 Å². The Balaban J connectivity index is 0.00000533. The van der Waals surface area contributed by atoms with Crippen LogP contribution < -0.4 is 10.5 Å². The molecule has 0 spiro atoms. The predicted octanol–water partition coefficient (Wildman–Crippen LogP) is 9.31. The Labute approximate surface area is 248 Å². The van der Waals surface area contributed by atoms with Crippen molar-refractivity contribution in [2.75, 3.05) is 14.2 Å². The second-order valence-corrected chi connectivity index (χ2v) is 12.8. The van der Waals surface area contributed by atoms with E-state index in [1.54, 1.807) is 17.8 Å². The highest BCUT2D eigenvalue weighted by atomic mass is 35.5. The molecule has 3 rings (SSSR count). The van der Waals surface area contributed by atoms with Gasteiger partial charge in [0.05, 0.1) is 0 Å². The lowest BCUT2D eigenvalue weighted by atomic mass is 9.88. The number of halogens is 2. The molecule has 39 heavy (non-hydrogen) atoms. The Morgan fingerprint density at radius 3 is 2.36 bits per heavy atom. The molecular formula is C30H38Cl2NO4PS. The summed E-state index contributed by atoms with van der Waals surface area (Å²) in [5.74, 6) is 2.31. The zero-order valence-corrected chi connectivity index (χ0v) is 26.0. The van der Waals surface area contributed by atoms with Crippen molar-refractivity contribution in [2.45, 2.75) is 61.0 Å². The lowest BCUT2D eigenvalue weighted by Gasteiger charge is -2.26. The molecule has 5 nitrogen and oxygen atoms in total. The quantitative estimate of drug-likeness (QED) is 0.173. The summed E-state index contributed by atoms with van der Waals surface area (Å²) >= 11 is 8.31. The molecule has 0 amide bonds. The van der Waals surface area contributed by atoms with E-state index in [4.69, 9.17) is 31.1 Å². The van der Waals surface area contributed by atoms with Gasteiger partial charge in [0.1, 0.15) is 12.4 Å². The lowest BCUT2D eigenvalue weighted by Crippen LogP contribution is -2.37. The number of ether oxygens (including phenoxy) is 1. The van der Waals surface area contributed by atoms with Crippen LogP contribution in [0.2, 0.25) is 5.02 Å². The molecule has 1 atom stereocenters. The van der Waals surface area contributed by atoms with Gasteiger partial charge < -0.3 is 19.5 Å². The molecule has 3 aromatic rings. The SMILES string of the molecule is CCCC(N)(C=CP(=O)(OC)OC)CCCc1ccc(Sc2cccc(OCc3ccccc3)c2)cc1Cl.Cl. The number of aryl methyl sites for hydroxylation is 1. The summed E-state index contributed by atoms with van der Waals surface area (Å²) in [7, 11) is -0.511. The van der Waals surface area contributed by atoms with E-state index >= 15 is 0 Å². The molecule has 0 radical (unpaired) electrons. The Kier molecular flexibility index (Phi) is 14.1. The van der Waals surface area contributed by atoms with Crippen molar-refractivity contribution in [1.29, 1.82) is 0 Å². The van der Waals surface area contributed by atoms with E-state index in [2.05, 4.69) is 37.3 Å². The molecule has 0 aliphatic rings. The summed E-state index contributed by atoms with van der Waals surface area (Å²) in [6, 6.07) is 24.4. The van der Waals surface area contributed by atoms with Gasteiger partial charge in [0.25, 0.3) is 0 Å². The van der Waals surface area contributed by atoms with Crippen molar-refractivity contribution in [3.05, 3.63) is 101 Å². The molecule has 0 aliphatic carbocycles. The van der Waals surface area contributed by atoms with Crippen molar-refractivity contribution in [3.8, 4) is 5.75 Å². The summed E-state index contributed by atoms with van der Waals surface area (Å²) in [4.78, 5) is 2.15. The summed E-state index contributed by atoms with van der Waals surface area (Å²) < 4.78 is 28.4. The maximum absolute atomic E-state index is 12.4.